The number of hydroxylamine groups is 1. The van der Waals surface area contributed by atoms with Gasteiger partial charge in [0.05, 0.1) is 17.5 Å². The second-order valence-corrected chi connectivity index (χ2v) is 9.87. The summed E-state index contributed by atoms with van der Waals surface area (Å²) in [6.07, 6.45) is 5.42. The largest absolute Gasteiger partial charge is 0.347 e. The van der Waals surface area contributed by atoms with Gasteiger partial charge in [-0.3, -0.25) is 24.7 Å². The molecular weight excluding hydrogens is 440 g/mol. The Bertz CT molecular complexity index is 1220. The van der Waals surface area contributed by atoms with E-state index in [4.69, 9.17) is 0 Å². The number of hydrogen-bond donors (Lipinski definition) is 3. The van der Waals surface area contributed by atoms with E-state index in [0.29, 0.717) is 24.7 Å². The molecular formula is C28H32N4O3. The molecule has 2 heterocycles. The molecule has 0 bridgehead atoms. The number of pyridine rings is 1. The SMILES string of the molecule is Cc1cc(Cc2ccc(C(=O)N[C@@H]3CN(C4CCCC4)C[C@@H]3C(=O)NO)cc2)c2ccccc2n1. The molecule has 7 nitrogen and oxygen atoms in total. The molecule has 3 N–H and O–H groups in total. The van der Waals surface area contributed by atoms with E-state index in [1.807, 2.05) is 49.4 Å². The Kier molecular flexibility index (Phi) is 6.79. The lowest BCUT2D eigenvalue weighted by Crippen LogP contribution is -2.45. The van der Waals surface area contributed by atoms with Crippen molar-refractivity contribution in [2.45, 2.75) is 51.1 Å². The predicted molar refractivity (Wildman–Crippen MR) is 134 cm³/mol. The molecule has 2 aliphatic rings. The van der Waals surface area contributed by atoms with Crippen LogP contribution in [0.5, 0.6) is 0 Å². The Morgan fingerprint density at radius 2 is 1.80 bits per heavy atom. The van der Waals surface area contributed by atoms with Gasteiger partial charge in [0.2, 0.25) is 5.91 Å². The van der Waals surface area contributed by atoms with E-state index in [1.165, 1.54) is 18.4 Å². The first-order chi connectivity index (χ1) is 17.0. The highest BCUT2D eigenvalue weighted by Gasteiger charge is 2.41. The van der Waals surface area contributed by atoms with E-state index in [2.05, 4.69) is 27.3 Å². The van der Waals surface area contributed by atoms with Crippen LogP contribution in [0.2, 0.25) is 0 Å². The molecule has 2 amide bonds. The van der Waals surface area contributed by atoms with Gasteiger partial charge < -0.3 is 5.32 Å². The molecule has 2 fully saturated rings. The fraction of sp³-hybridized carbons (Fsp3) is 0.393. The van der Waals surface area contributed by atoms with Crippen LogP contribution in [-0.2, 0) is 11.2 Å². The van der Waals surface area contributed by atoms with E-state index < -0.39 is 11.8 Å². The Morgan fingerprint density at radius 1 is 1.06 bits per heavy atom. The first-order valence-electron chi connectivity index (χ1n) is 12.4. The van der Waals surface area contributed by atoms with E-state index in [1.54, 1.807) is 5.48 Å². The molecule has 1 saturated heterocycles. The molecule has 0 spiro atoms. The first kappa shape index (κ1) is 23.5. The third-order valence-electron chi connectivity index (χ3n) is 7.49. The molecule has 5 rings (SSSR count). The number of aryl methyl sites for hydroxylation is 1. The Morgan fingerprint density at radius 3 is 2.54 bits per heavy atom. The number of carbonyl (C=O) groups is 2. The molecule has 1 aliphatic carbocycles. The van der Waals surface area contributed by atoms with Gasteiger partial charge in [-0.05, 0) is 61.6 Å². The summed E-state index contributed by atoms with van der Waals surface area (Å²) in [4.78, 5) is 32.2. The van der Waals surface area contributed by atoms with E-state index in [0.717, 1.165) is 41.4 Å². The van der Waals surface area contributed by atoms with Crippen LogP contribution in [0.4, 0.5) is 0 Å². The highest BCUT2D eigenvalue weighted by Crippen LogP contribution is 2.29. The number of carbonyl (C=O) groups excluding carboxylic acids is 2. The average molecular weight is 473 g/mol. The van der Waals surface area contributed by atoms with Crippen molar-refractivity contribution in [2.75, 3.05) is 13.1 Å². The molecule has 182 valence electrons. The summed E-state index contributed by atoms with van der Waals surface area (Å²) < 4.78 is 0. The van der Waals surface area contributed by atoms with Crippen molar-refractivity contribution in [2.24, 2.45) is 5.92 Å². The Hall–Kier alpha value is -3.29. The summed E-state index contributed by atoms with van der Waals surface area (Å²) >= 11 is 0. The number of amides is 2. The second-order valence-electron chi connectivity index (χ2n) is 9.87. The quantitative estimate of drug-likeness (QED) is 0.376. The fourth-order valence-corrected chi connectivity index (χ4v) is 5.68. The number of nitrogens with zero attached hydrogens (tertiary/aromatic N) is 2. The number of likely N-dealkylation sites (tertiary alicyclic amines) is 1. The zero-order chi connectivity index (χ0) is 24.4. The summed E-state index contributed by atoms with van der Waals surface area (Å²) in [7, 11) is 0. The highest BCUT2D eigenvalue weighted by molar-refractivity contribution is 5.95. The lowest BCUT2D eigenvalue weighted by molar-refractivity contribution is -0.133. The van der Waals surface area contributed by atoms with Gasteiger partial charge in [0.25, 0.3) is 5.91 Å². The number of nitrogens with one attached hydrogen (secondary N) is 2. The number of para-hydroxylation sites is 1. The summed E-state index contributed by atoms with van der Waals surface area (Å²) in [5.41, 5.74) is 6.65. The van der Waals surface area contributed by atoms with Crippen LogP contribution in [-0.4, -0.2) is 52.1 Å². The molecule has 0 unspecified atom stereocenters. The standard InChI is InChI=1S/C28H32N4O3/c1-18-14-21(23-8-4-5-9-25(23)29-18)15-19-10-12-20(13-11-19)27(33)30-26-17-32(22-6-2-3-7-22)16-24(26)28(34)31-35/h4-5,8-14,22,24,26,35H,2-3,6-7,15-17H2,1H3,(H,30,33)(H,31,34)/t24-,26+/m0/s1. The highest BCUT2D eigenvalue weighted by atomic mass is 16.5. The van der Waals surface area contributed by atoms with E-state index >= 15 is 0 Å². The minimum absolute atomic E-state index is 0.198. The summed E-state index contributed by atoms with van der Waals surface area (Å²) in [5, 5.41) is 13.4. The Labute approximate surface area is 205 Å². The summed E-state index contributed by atoms with van der Waals surface area (Å²) in [6.45, 7) is 3.19. The van der Waals surface area contributed by atoms with Gasteiger partial charge in [-0.15, -0.1) is 0 Å². The lowest BCUT2D eigenvalue weighted by atomic mass is 9.99. The molecule has 0 radical (unpaired) electrons. The van der Waals surface area contributed by atoms with Crippen LogP contribution in [0.15, 0.2) is 54.6 Å². The minimum Gasteiger partial charge on any atom is -0.347 e. The van der Waals surface area contributed by atoms with E-state index in [9.17, 15) is 14.8 Å². The Balaban J connectivity index is 1.28. The zero-order valence-electron chi connectivity index (χ0n) is 20.0. The van der Waals surface area contributed by atoms with Crippen LogP contribution in [0.3, 0.4) is 0 Å². The monoisotopic (exact) mass is 472 g/mol. The molecule has 1 aliphatic heterocycles. The van der Waals surface area contributed by atoms with Crippen molar-refractivity contribution in [3.05, 3.63) is 77.0 Å². The van der Waals surface area contributed by atoms with Gasteiger partial charge in [-0.25, -0.2) is 5.48 Å². The van der Waals surface area contributed by atoms with Crippen LogP contribution in [0, 0.1) is 12.8 Å². The van der Waals surface area contributed by atoms with E-state index in [-0.39, 0.29) is 11.9 Å². The van der Waals surface area contributed by atoms with Crippen molar-refractivity contribution in [1.29, 1.82) is 0 Å². The molecule has 3 aromatic rings. The molecule has 35 heavy (non-hydrogen) atoms. The number of rotatable bonds is 6. The third kappa shape index (κ3) is 5.06. The zero-order valence-corrected chi connectivity index (χ0v) is 20.0. The summed E-state index contributed by atoms with van der Waals surface area (Å²) in [6, 6.07) is 18.0. The summed E-state index contributed by atoms with van der Waals surface area (Å²) in [5.74, 6) is -1.10. The van der Waals surface area contributed by atoms with Gasteiger partial charge in [0.1, 0.15) is 0 Å². The second kappa shape index (κ2) is 10.1. The number of benzene rings is 2. The van der Waals surface area contributed by atoms with Gasteiger partial charge >= 0.3 is 0 Å². The average Bonchev–Trinajstić information content (AvgIpc) is 3.54. The fourth-order valence-electron chi connectivity index (χ4n) is 5.68. The van der Waals surface area contributed by atoms with Crippen molar-refractivity contribution in [1.82, 2.24) is 20.7 Å². The van der Waals surface area contributed by atoms with Crippen molar-refractivity contribution in [3.8, 4) is 0 Å². The van der Waals surface area contributed by atoms with Crippen molar-refractivity contribution < 1.29 is 14.8 Å². The molecule has 7 heteroatoms. The topological polar surface area (TPSA) is 94.6 Å². The maximum absolute atomic E-state index is 13.0. The smallest absolute Gasteiger partial charge is 0.251 e. The number of fused-ring (bicyclic) bond motifs is 1. The van der Waals surface area contributed by atoms with Crippen LogP contribution >= 0.6 is 0 Å². The van der Waals surface area contributed by atoms with Crippen LogP contribution in [0.25, 0.3) is 10.9 Å². The number of hydrogen-bond acceptors (Lipinski definition) is 5. The molecule has 1 aromatic heterocycles. The minimum atomic E-state index is -0.466. The van der Waals surface area contributed by atoms with Crippen LogP contribution in [0.1, 0.15) is 52.9 Å². The normalized spacial score (nSPS) is 20.9. The predicted octanol–water partition coefficient (Wildman–Crippen LogP) is 3.61. The van der Waals surface area contributed by atoms with Gasteiger partial charge in [-0.2, -0.15) is 0 Å². The maximum atomic E-state index is 13.0. The number of aromatic nitrogens is 1. The van der Waals surface area contributed by atoms with Crippen LogP contribution < -0.4 is 10.8 Å². The van der Waals surface area contributed by atoms with Gasteiger partial charge in [0.15, 0.2) is 0 Å². The van der Waals surface area contributed by atoms with Gasteiger partial charge in [-0.1, -0.05) is 43.2 Å². The first-order valence-corrected chi connectivity index (χ1v) is 12.4. The molecule has 2 aromatic carbocycles. The molecule has 2 atom stereocenters. The van der Waals surface area contributed by atoms with Crippen molar-refractivity contribution >= 4 is 22.7 Å². The lowest BCUT2D eigenvalue weighted by Gasteiger charge is -2.23. The van der Waals surface area contributed by atoms with Crippen molar-refractivity contribution in [3.63, 3.8) is 0 Å². The maximum Gasteiger partial charge on any atom is 0.251 e. The molecule has 1 saturated carbocycles. The van der Waals surface area contributed by atoms with Gasteiger partial charge in [0, 0.05) is 35.8 Å². The third-order valence-corrected chi connectivity index (χ3v) is 7.49.